The van der Waals surface area contributed by atoms with E-state index in [1.807, 2.05) is 6.92 Å². The van der Waals surface area contributed by atoms with Crippen LogP contribution in [0.15, 0.2) is 41.3 Å². The number of hydrogen-bond donors (Lipinski definition) is 1. The van der Waals surface area contributed by atoms with Crippen LogP contribution in [0.5, 0.6) is 5.88 Å². The number of ketones is 1. The van der Waals surface area contributed by atoms with Crippen molar-refractivity contribution in [3.63, 3.8) is 0 Å². The van der Waals surface area contributed by atoms with Crippen LogP contribution in [0.1, 0.15) is 70.8 Å². The summed E-state index contributed by atoms with van der Waals surface area (Å²) in [6.45, 7) is 4.06. The SMILES string of the molecule is CCC[C@H](C)Oc1ccc(-c2nc(-c3cc(CCC(=O)C4(C(F)F)CCCCC4)ccc3Cl)[nH]c(=O)n2)cn1. The van der Waals surface area contributed by atoms with Crippen LogP contribution < -0.4 is 10.4 Å². The summed E-state index contributed by atoms with van der Waals surface area (Å²) in [6, 6.07) is 8.54. The van der Waals surface area contributed by atoms with E-state index in [1.165, 1.54) is 0 Å². The molecule has 1 aromatic carbocycles. The van der Waals surface area contributed by atoms with Gasteiger partial charge in [-0.3, -0.25) is 9.78 Å². The fraction of sp³-hybridized carbons (Fsp3) is 0.483. The van der Waals surface area contributed by atoms with Crippen molar-refractivity contribution in [2.75, 3.05) is 0 Å². The van der Waals surface area contributed by atoms with Gasteiger partial charge in [0, 0.05) is 29.8 Å². The van der Waals surface area contributed by atoms with Crippen molar-refractivity contribution < 1.29 is 18.3 Å². The van der Waals surface area contributed by atoms with E-state index in [2.05, 4.69) is 26.9 Å². The van der Waals surface area contributed by atoms with Gasteiger partial charge in [-0.2, -0.15) is 4.98 Å². The van der Waals surface area contributed by atoms with Crippen LogP contribution in [-0.2, 0) is 11.2 Å². The number of nitrogens with zero attached hydrogens (tertiary/aromatic N) is 3. The molecule has 4 rings (SSSR count). The molecule has 3 aromatic rings. The van der Waals surface area contributed by atoms with Crippen LogP contribution >= 0.6 is 11.6 Å². The van der Waals surface area contributed by atoms with E-state index >= 15 is 0 Å². The standard InChI is InChI=1S/C29H33ClF2N4O3/c1-3-7-18(2)39-24-13-10-20(17-33-24)25-34-26(36-28(38)35-25)21-16-19(8-11-22(21)30)9-12-23(37)29(27(31)32)14-5-4-6-15-29/h8,10-11,13,16-18,27H,3-7,9,12,14-15H2,1-2H3,(H,34,35,36,38)/t18-/m0/s1. The van der Waals surface area contributed by atoms with Gasteiger partial charge in [-0.15, -0.1) is 0 Å². The predicted molar refractivity (Wildman–Crippen MR) is 146 cm³/mol. The molecule has 0 saturated heterocycles. The Bertz CT molecular complexity index is 1340. The van der Waals surface area contributed by atoms with E-state index in [0.29, 0.717) is 34.9 Å². The smallest absolute Gasteiger partial charge is 0.348 e. The average Bonchev–Trinajstić information content (AvgIpc) is 2.93. The maximum Gasteiger partial charge on any atom is 0.348 e. The first-order valence-corrected chi connectivity index (χ1v) is 13.8. The number of H-pyrrole nitrogens is 1. The zero-order chi connectivity index (χ0) is 28.0. The Morgan fingerprint density at radius 1 is 1.15 bits per heavy atom. The predicted octanol–water partition coefficient (Wildman–Crippen LogP) is 6.83. The van der Waals surface area contributed by atoms with Gasteiger partial charge in [0.25, 0.3) is 6.43 Å². The summed E-state index contributed by atoms with van der Waals surface area (Å²) in [4.78, 5) is 40.8. The minimum absolute atomic E-state index is 0.00786. The quantitative estimate of drug-likeness (QED) is 0.277. The molecule has 1 N–H and O–H groups in total. The van der Waals surface area contributed by atoms with E-state index < -0.39 is 23.3 Å². The third kappa shape index (κ3) is 6.87. The number of aromatic amines is 1. The highest BCUT2D eigenvalue weighted by Gasteiger charge is 2.46. The van der Waals surface area contributed by atoms with Crippen LogP contribution in [0, 0.1) is 5.41 Å². The van der Waals surface area contributed by atoms with E-state index in [4.69, 9.17) is 16.3 Å². The van der Waals surface area contributed by atoms with E-state index in [1.54, 1.807) is 36.5 Å². The van der Waals surface area contributed by atoms with Crippen molar-refractivity contribution in [2.45, 2.75) is 84.2 Å². The molecule has 10 heteroatoms. The molecule has 1 aliphatic rings. The normalized spacial score (nSPS) is 15.7. The highest BCUT2D eigenvalue weighted by atomic mass is 35.5. The van der Waals surface area contributed by atoms with Gasteiger partial charge >= 0.3 is 5.69 Å². The molecule has 7 nitrogen and oxygen atoms in total. The first-order chi connectivity index (χ1) is 18.7. The number of aryl methyl sites for hydroxylation is 1. The number of rotatable bonds is 11. The maximum absolute atomic E-state index is 13.9. The molecule has 1 atom stereocenters. The molecule has 2 aromatic heterocycles. The molecule has 39 heavy (non-hydrogen) atoms. The van der Waals surface area contributed by atoms with Crippen molar-refractivity contribution in [2.24, 2.45) is 5.41 Å². The van der Waals surface area contributed by atoms with Crippen LogP contribution in [0.2, 0.25) is 5.02 Å². The molecule has 0 radical (unpaired) electrons. The molecule has 0 amide bonds. The summed E-state index contributed by atoms with van der Waals surface area (Å²) in [5.74, 6) is 0.450. The molecule has 0 bridgehead atoms. The largest absolute Gasteiger partial charge is 0.475 e. The van der Waals surface area contributed by atoms with Crippen molar-refractivity contribution in [3.05, 3.63) is 57.6 Å². The highest BCUT2D eigenvalue weighted by molar-refractivity contribution is 6.33. The summed E-state index contributed by atoms with van der Waals surface area (Å²) in [7, 11) is 0. The number of hydrogen-bond acceptors (Lipinski definition) is 6. The lowest BCUT2D eigenvalue weighted by Gasteiger charge is -2.35. The number of benzene rings is 1. The van der Waals surface area contributed by atoms with Crippen molar-refractivity contribution in [1.82, 2.24) is 19.9 Å². The lowest BCUT2D eigenvalue weighted by atomic mass is 9.70. The molecule has 0 unspecified atom stereocenters. The zero-order valence-corrected chi connectivity index (χ0v) is 22.9. The Kier molecular flexibility index (Phi) is 9.43. The minimum Gasteiger partial charge on any atom is -0.475 e. The molecular weight excluding hydrogens is 526 g/mol. The first kappa shape index (κ1) is 28.8. The van der Waals surface area contributed by atoms with Gasteiger partial charge in [-0.25, -0.2) is 23.5 Å². The molecule has 1 saturated carbocycles. The van der Waals surface area contributed by atoms with E-state index in [-0.39, 0.29) is 43.4 Å². The van der Waals surface area contributed by atoms with E-state index in [9.17, 15) is 18.4 Å². The topological polar surface area (TPSA) is 97.8 Å². The van der Waals surface area contributed by atoms with E-state index in [0.717, 1.165) is 24.8 Å². The summed E-state index contributed by atoms with van der Waals surface area (Å²) in [5, 5.41) is 0.341. The molecule has 0 aliphatic heterocycles. The molecule has 208 valence electrons. The number of ether oxygens (including phenoxy) is 1. The monoisotopic (exact) mass is 558 g/mol. The lowest BCUT2D eigenvalue weighted by molar-refractivity contribution is -0.142. The number of alkyl halides is 2. The van der Waals surface area contributed by atoms with Gasteiger partial charge in [0.2, 0.25) is 5.88 Å². The lowest BCUT2D eigenvalue weighted by Crippen LogP contribution is -2.40. The molecule has 0 spiro atoms. The second kappa shape index (κ2) is 12.8. The van der Waals surface area contributed by atoms with Crippen LogP contribution in [0.25, 0.3) is 22.8 Å². The molecule has 2 heterocycles. The van der Waals surface area contributed by atoms with Gasteiger partial charge < -0.3 is 4.74 Å². The fourth-order valence-electron chi connectivity index (χ4n) is 5.11. The minimum atomic E-state index is -2.66. The summed E-state index contributed by atoms with van der Waals surface area (Å²) < 4.78 is 33.6. The zero-order valence-electron chi connectivity index (χ0n) is 22.2. The average molecular weight is 559 g/mol. The maximum atomic E-state index is 13.9. The van der Waals surface area contributed by atoms with Gasteiger partial charge in [0.15, 0.2) is 5.82 Å². The van der Waals surface area contributed by atoms with Crippen molar-refractivity contribution in [3.8, 4) is 28.7 Å². The number of nitrogens with one attached hydrogen (secondary N) is 1. The molecule has 1 fully saturated rings. The van der Waals surface area contributed by atoms with Gasteiger partial charge in [0.05, 0.1) is 16.5 Å². The number of Topliss-reactive ketones (excluding diaryl/α,β-unsaturated/α-hetero) is 1. The number of pyridine rings is 1. The second-order valence-electron chi connectivity index (χ2n) is 10.2. The number of halogens is 3. The Morgan fingerprint density at radius 3 is 2.59 bits per heavy atom. The Balaban J connectivity index is 1.54. The summed E-state index contributed by atoms with van der Waals surface area (Å²) in [6.07, 6.45) is 3.75. The Morgan fingerprint density at radius 2 is 1.92 bits per heavy atom. The highest BCUT2D eigenvalue weighted by Crippen LogP contribution is 2.43. The molecule has 1 aliphatic carbocycles. The third-order valence-electron chi connectivity index (χ3n) is 7.31. The van der Waals surface area contributed by atoms with Crippen LogP contribution in [0.4, 0.5) is 8.78 Å². The Hall–Kier alpha value is -3.20. The van der Waals surface area contributed by atoms with Gasteiger partial charge in [0.1, 0.15) is 11.6 Å². The Labute approximate surface area is 231 Å². The van der Waals surface area contributed by atoms with Crippen molar-refractivity contribution >= 4 is 17.4 Å². The third-order valence-corrected chi connectivity index (χ3v) is 7.64. The summed E-state index contributed by atoms with van der Waals surface area (Å²) in [5.41, 5.74) is -0.443. The fourth-order valence-corrected chi connectivity index (χ4v) is 5.32. The number of carbonyl (C=O) groups excluding carboxylic acids is 1. The second-order valence-corrected chi connectivity index (χ2v) is 10.6. The van der Waals surface area contributed by atoms with Gasteiger partial charge in [-0.1, -0.05) is 50.3 Å². The van der Waals surface area contributed by atoms with Crippen molar-refractivity contribution in [1.29, 1.82) is 0 Å². The van der Waals surface area contributed by atoms with Gasteiger partial charge in [-0.05, 0) is 56.4 Å². The number of aromatic nitrogens is 4. The molecular formula is C29H33ClF2N4O3. The summed E-state index contributed by atoms with van der Waals surface area (Å²) >= 11 is 6.45. The number of carbonyl (C=O) groups is 1. The van der Waals surface area contributed by atoms with Crippen LogP contribution in [0.3, 0.4) is 0 Å². The van der Waals surface area contributed by atoms with Crippen LogP contribution in [-0.4, -0.2) is 38.2 Å². The first-order valence-electron chi connectivity index (χ1n) is 13.4.